The van der Waals surface area contributed by atoms with E-state index in [4.69, 9.17) is 11.6 Å². The van der Waals surface area contributed by atoms with Gasteiger partial charge in [0.25, 0.3) is 0 Å². The lowest BCUT2D eigenvalue weighted by molar-refractivity contribution is -0.0498. The number of alkyl halides is 2. The Balaban J connectivity index is 0.000000293. The Kier molecular flexibility index (Phi) is 12.8. The van der Waals surface area contributed by atoms with E-state index in [-0.39, 0.29) is 33.6 Å². The summed E-state index contributed by atoms with van der Waals surface area (Å²) in [6.45, 7) is 11.7. The molecule has 0 unspecified atom stereocenters. The zero-order chi connectivity index (χ0) is 30.2. The van der Waals surface area contributed by atoms with Gasteiger partial charge in [-0.1, -0.05) is 72.2 Å². The maximum atomic E-state index is 13.3. The first-order chi connectivity index (χ1) is 17.9. The van der Waals surface area contributed by atoms with Crippen LogP contribution >= 0.6 is 11.6 Å². The zero-order valence-corrected chi connectivity index (χ0v) is 24.0. The Morgan fingerprint density at radius 2 is 1.26 bits per heavy atom. The van der Waals surface area contributed by atoms with Gasteiger partial charge in [-0.2, -0.15) is 8.78 Å². The summed E-state index contributed by atoms with van der Waals surface area (Å²) in [5.74, 6) is -4.17. The fourth-order valence-electron chi connectivity index (χ4n) is 3.18. The van der Waals surface area contributed by atoms with E-state index in [2.05, 4.69) is 4.74 Å². The van der Waals surface area contributed by atoms with Crippen molar-refractivity contribution in [1.29, 1.82) is 0 Å². The molecule has 3 aromatic carbocycles. The molecule has 3 rings (SSSR count). The Bertz CT molecular complexity index is 1210. The van der Waals surface area contributed by atoms with E-state index in [1.807, 2.05) is 27.7 Å². The molecule has 0 heterocycles. The van der Waals surface area contributed by atoms with Gasteiger partial charge in [-0.25, -0.2) is 22.0 Å². The van der Waals surface area contributed by atoms with Crippen LogP contribution < -0.4 is 4.74 Å². The van der Waals surface area contributed by atoms with Gasteiger partial charge in [-0.05, 0) is 71.2 Å². The van der Waals surface area contributed by atoms with Crippen LogP contribution in [-0.2, 0) is 5.41 Å². The van der Waals surface area contributed by atoms with Crippen molar-refractivity contribution in [1.82, 2.24) is 0 Å². The van der Waals surface area contributed by atoms with E-state index < -0.39 is 35.7 Å². The predicted molar refractivity (Wildman–Crippen MR) is 142 cm³/mol. The molecule has 0 radical (unpaired) electrons. The molecule has 0 aromatic heterocycles. The lowest BCUT2D eigenvalue weighted by Gasteiger charge is -2.19. The summed E-state index contributed by atoms with van der Waals surface area (Å²) < 4.78 is 92.3. The third-order valence-corrected chi connectivity index (χ3v) is 5.97. The largest absolute Gasteiger partial charge is 0.433 e. The van der Waals surface area contributed by atoms with E-state index in [1.54, 1.807) is 39.0 Å². The number of rotatable bonds is 4. The number of hydrogen-bond donors (Lipinski definition) is 0. The molecule has 3 aromatic rings. The topological polar surface area (TPSA) is 9.23 Å². The first-order valence-corrected chi connectivity index (χ1v) is 12.6. The maximum Gasteiger partial charge on any atom is 0.387 e. The van der Waals surface area contributed by atoms with Gasteiger partial charge in [-0.3, -0.25) is 0 Å². The van der Waals surface area contributed by atoms with Gasteiger partial charge in [0.15, 0.2) is 17.5 Å². The standard InChI is InChI=1S/C10H11ClF2O.C10H11F3.C10H12F2/c1-6(2)7-3-4-8(11)9(5-7)14-10(12)13;1-10(2,3)6-4-7(11)9(13)8(12)5-6;1-6(2)8-4-5-9(11)7(3)10(8)12/h3-6,10H,1-2H3;4-5H,1-3H3;4-6H,1-3H3. The van der Waals surface area contributed by atoms with Crippen LogP contribution in [0.15, 0.2) is 42.5 Å². The molecule has 0 amide bonds. The molecule has 0 atom stereocenters. The molecule has 0 bridgehead atoms. The summed E-state index contributed by atoms with van der Waals surface area (Å²) in [7, 11) is 0. The van der Waals surface area contributed by atoms with Crippen LogP contribution in [0.2, 0.25) is 5.02 Å². The summed E-state index contributed by atoms with van der Waals surface area (Å²) in [4.78, 5) is 0. The summed E-state index contributed by atoms with van der Waals surface area (Å²) >= 11 is 5.69. The van der Waals surface area contributed by atoms with Gasteiger partial charge >= 0.3 is 6.61 Å². The molecule has 39 heavy (non-hydrogen) atoms. The van der Waals surface area contributed by atoms with Crippen LogP contribution in [0.1, 0.15) is 82.6 Å². The summed E-state index contributed by atoms with van der Waals surface area (Å²) in [5.41, 5.74) is 1.68. The molecule has 0 aliphatic heterocycles. The van der Waals surface area contributed by atoms with Crippen LogP contribution in [0.25, 0.3) is 0 Å². The van der Waals surface area contributed by atoms with Crippen LogP contribution in [0.5, 0.6) is 5.75 Å². The summed E-state index contributed by atoms with van der Waals surface area (Å²) in [6.07, 6.45) is 0. The molecule has 0 aliphatic carbocycles. The normalized spacial score (nSPS) is 11.3. The number of hydrogen-bond acceptors (Lipinski definition) is 1. The number of halogens is 8. The molecule has 9 heteroatoms. The second-order valence-electron chi connectivity index (χ2n) is 10.5. The zero-order valence-electron chi connectivity index (χ0n) is 23.2. The van der Waals surface area contributed by atoms with E-state index >= 15 is 0 Å². The molecule has 0 fully saturated rings. The highest BCUT2D eigenvalue weighted by molar-refractivity contribution is 6.32. The minimum absolute atomic E-state index is 0.0351. The van der Waals surface area contributed by atoms with Crippen LogP contribution in [-0.4, -0.2) is 6.61 Å². The molecule has 1 nitrogen and oxygen atoms in total. The van der Waals surface area contributed by atoms with E-state index in [9.17, 15) is 30.7 Å². The molecule has 216 valence electrons. The van der Waals surface area contributed by atoms with Crippen molar-refractivity contribution in [3.8, 4) is 5.75 Å². The highest BCUT2D eigenvalue weighted by Crippen LogP contribution is 2.30. The fourth-order valence-corrected chi connectivity index (χ4v) is 3.34. The molecule has 0 aliphatic rings. The molecule has 0 spiro atoms. The highest BCUT2D eigenvalue weighted by Gasteiger charge is 2.19. The van der Waals surface area contributed by atoms with Crippen molar-refractivity contribution >= 4 is 11.6 Å². The Morgan fingerprint density at radius 3 is 1.69 bits per heavy atom. The second-order valence-corrected chi connectivity index (χ2v) is 10.9. The third kappa shape index (κ3) is 10.4. The van der Waals surface area contributed by atoms with Gasteiger partial charge in [0, 0.05) is 5.56 Å². The molecule has 0 saturated heterocycles. The van der Waals surface area contributed by atoms with E-state index in [0.29, 0.717) is 11.1 Å². The summed E-state index contributed by atoms with van der Waals surface area (Å²) in [5, 5.41) is 0.203. The average molecular weight is 579 g/mol. The second kappa shape index (κ2) is 14.6. The van der Waals surface area contributed by atoms with Crippen molar-refractivity contribution in [2.45, 2.75) is 79.3 Å². The van der Waals surface area contributed by atoms with Crippen LogP contribution in [0, 0.1) is 36.0 Å². The third-order valence-electron chi connectivity index (χ3n) is 5.66. The van der Waals surface area contributed by atoms with Crippen molar-refractivity contribution in [2.75, 3.05) is 0 Å². The van der Waals surface area contributed by atoms with Gasteiger partial charge in [0.1, 0.15) is 17.4 Å². The SMILES string of the molecule is CC(C)(C)c1cc(F)c(F)c(F)c1.CC(C)c1ccc(Cl)c(OC(F)F)c1.Cc1c(F)ccc(C(C)C)c1F. The summed E-state index contributed by atoms with van der Waals surface area (Å²) in [6, 6.07) is 9.77. The Hall–Kier alpha value is -2.74. The van der Waals surface area contributed by atoms with Crippen molar-refractivity contribution in [2.24, 2.45) is 0 Å². The lowest BCUT2D eigenvalue weighted by Crippen LogP contribution is -2.12. The van der Waals surface area contributed by atoms with E-state index in [0.717, 1.165) is 17.7 Å². The van der Waals surface area contributed by atoms with Crippen molar-refractivity contribution in [3.05, 3.63) is 98.8 Å². The van der Waals surface area contributed by atoms with Crippen molar-refractivity contribution in [3.63, 3.8) is 0 Å². The number of benzene rings is 3. The fraction of sp³-hybridized carbons (Fsp3) is 0.400. The van der Waals surface area contributed by atoms with Gasteiger partial charge in [0.05, 0.1) is 5.02 Å². The minimum Gasteiger partial charge on any atom is -0.433 e. The molecular formula is C30H34ClF7O. The smallest absolute Gasteiger partial charge is 0.387 e. The van der Waals surface area contributed by atoms with Crippen LogP contribution in [0.3, 0.4) is 0 Å². The quantitative estimate of drug-likeness (QED) is 0.221. The predicted octanol–water partition coefficient (Wildman–Crippen LogP) is 10.9. The maximum absolute atomic E-state index is 13.3. The molecular weight excluding hydrogens is 545 g/mol. The highest BCUT2D eigenvalue weighted by atomic mass is 35.5. The lowest BCUT2D eigenvalue weighted by atomic mass is 9.87. The monoisotopic (exact) mass is 578 g/mol. The van der Waals surface area contributed by atoms with Gasteiger partial charge < -0.3 is 4.74 Å². The minimum atomic E-state index is -2.84. The number of ether oxygens (including phenoxy) is 1. The van der Waals surface area contributed by atoms with Gasteiger partial charge in [0.2, 0.25) is 0 Å². The molecule has 0 N–H and O–H groups in total. The first-order valence-electron chi connectivity index (χ1n) is 12.2. The van der Waals surface area contributed by atoms with Crippen molar-refractivity contribution < 1.29 is 35.5 Å². The average Bonchev–Trinajstić information content (AvgIpc) is 2.81. The van der Waals surface area contributed by atoms with Crippen LogP contribution in [0.4, 0.5) is 30.7 Å². The van der Waals surface area contributed by atoms with E-state index in [1.165, 1.54) is 19.1 Å². The first kappa shape index (κ1) is 34.3. The Morgan fingerprint density at radius 1 is 0.718 bits per heavy atom. The molecule has 0 saturated carbocycles. The van der Waals surface area contributed by atoms with Gasteiger partial charge in [-0.15, -0.1) is 0 Å². The Labute approximate surface area is 231 Å².